The molecule has 2 aromatic heterocycles. The SMILES string of the molecule is O=[N+]([O-])c1cc(N2CCOc3cnc(-c4cc(C5CC5)ccc4P)cc32)ccn1. The van der Waals surface area contributed by atoms with Crippen molar-refractivity contribution in [1.82, 2.24) is 9.97 Å². The lowest BCUT2D eigenvalue weighted by atomic mass is 10.0. The predicted molar refractivity (Wildman–Crippen MR) is 114 cm³/mol. The second-order valence-electron chi connectivity index (χ2n) is 7.29. The molecular weight excluding hydrogens is 387 g/mol. The summed E-state index contributed by atoms with van der Waals surface area (Å²) in [6, 6.07) is 11.8. The van der Waals surface area contributed by atoms with E-state index in [0.29, 0.717) is 30.5 Å². The van der Waals surface area contributed by atoms with E-state index in [1.54, 1.807) is 12.3 Å². The molecule has 146 valence electrons. The normalized spacial score (nSPS) is 15.6. The van der Waals surface area contributed by atoms with E-state index < -0.39 is 4.92 Å². The van der Waals surface area contributed by atoms with Gasteiger partial charge in [-0.15, -0.1) is 9.24 Å². The van der Waals surface area contributed by atoms with E-state index >= 15 is 0 Å². The average molecular weight is 406 g/mol. The molecule has 1 aliphatic heterocycles. The molecule has 0 saturated heterocycles. The first-order chi connectivity index (χ1) is 14.1. The quantitative estimate of drug-likeness (QED) is 0.371. The molecule has 2 aliphatic rings. The van der Waals surface area contributed by atoms with Crippen molar-refractivity contribution in [2.45, 2.75) is 18.8 Å². The fraction of sp³-hybridized carbons (Fsp3) is 0.238. The summed E-state index contributed by atoms with van der Waals surface area (Å²) in [5.74, 6) is 1.16. The Hall–Kier alpha value is -3.05. The number of fused-ring (bicyclic) bond motifs is 1. The largest absolute Gasteiger partial charge is 0.488 e. The van der Waals surface area contributed by atoms with Crippen molar-refractivity contribution in [2.75, 3.05) is 18.1 Å². The molecule has 1 unspecified atom stereocenters. The predicted octanol–water partition coefficient (Wildman–Crippen LogP) is 3.96. The molecule has 1 fully saturated rings. The van der Waals surface area contributed by atoms with Gasteiger partial charge in [-0.2, -0.15) is 0 Å². The zero-order valence-corrected chi connectivity index (χ0v) is 16.8. The first-order valence-corrected chi connectivity index (χ1v) is 10.1. The van der Waals surface area contributed by atoms with Crippen molar-refractivity contribution in [3.05, 3.63) is 64.5 Å². The van der Waals surface area contributed by atoms with E-state index in [9.17, 15) is 10.1 Å². The van der Waals surface area contributed by atoms with Crippen LogP contribution in [-0.4, -0.2) is 28.0 Å². The molecule has 0 radical (unpaired) electrons. The van der Waals surface area contributed by atoms with E-state index in [4.69, 9.17) is 4.74 Å². The molecule has 29 heavy (non-hydrogen) atoms. The average Bonchev–Trinajstić information content (AvgIpc) is 3.59. The van der Waals surface area contributed by atoms with Gasteiger partial charge in [0.1, 0.15) is 12.8 Å². The van der Waals surface area contributed by atoms with E-state index in [-0.39, 0.29) is 5.82 Å². The van der Waals surface area contributed by atoms with Gasteiger partial charge < -0.3 is 19.8 Å². The number of pyridine rings is 2. The Labute approximate surface area is 170 Å². The maximum atomic E-state index is 11.1. The molecule has 7 nitrogen and oxygen atoms in total. The number of anilines is 2. The van der Waals surface area contributed by atoms with Gasteiger partial charge in [0, 0.05) is 11.6 Å². The Balaban J connectivity index is 1.58. The summed E-state index contributed by atoms with van der Waals surface area (Å²) < 4.78 is 5.79. The number of hydrogen-bond acceptors (Lipinski definition) is 6. The van der Waals surface area contributed by atoms with Gasteiger partial charge in [0.2, 0.25) is 0 Å². The highest BCUT2D eigenvalue weighted by atomic mass is 31.0. The van der Waals surface area contributed by atoms with Crippen LogP contribution in [0.1, 0.15) is 24.3 Å². The Morgan fingerprint density at radius 3 is 2.83 bits per heavy atom. The lowest BCUT2D eigenvalue weighted by molar-refractivity contribution is -0.389. The molecule has 3 heterocycles. The number of ether oxygens (including phenoxy) is 1. The summed E-state index contributed by atoms with van der Waals surface area (Å²) in [6.45, 7) is 1.07. The third-order valence-electron chi connectivity index (χ3n) is 5.34. The molecule has 1 atom stereocenters. The highest BCUT2D eigenvalue weighted by Crippen LogP contribution is 2.42. The van der Waals surface area contributed by atoms with Crippen LogP contribution in [0.2, 0.25) is 0 Å². The molecule has 5 rings (SSSR count). The Morgan fingerprint density at radius 2 is 2.03 bits per heavy atom. The molecule has 1 aliphatic carbocycles. The van der Waals surface area contributed by atoms with Crippen molar-refractivity contribution < 1.29 is 9.66 Å². The molecule has 1 saturated carbocycles. The van der Waals surface area contributed by atoms with E-state index in [0.717, 1.165) is 22.2 Å². The van der Waals surface area contributed by atoms with Crippen molar-refractivity contribution in [3.8, 4) is 17.0 Å². The lowest BCUT2D eigenvalue weighted by Gasteiger charge is -2.31. The third kappa shape index (κ3) is 3.42. The Kier molecular flexibility index (Phi) is 4.40. The van der Waals surface area contributed by atoms with Crippen molar-refractivity contribution in [1.29, 1.82) is 0 Å². The first kappa shape index (κ1) is 18.0. The number of aromatic nitrogens is 2. The van der Waals surface area contributed by atoms with Crippen LogP contribution in [0.5, 0.6) is 5.75 Å². The molecule has 0 spiro atoms. The van der Waals surface area contributed by atoms with Gasteiger partial charge in [0.05, 0.1) is 35.9 Å². The standard InChI is InChI=1S/C21H19N4O3P/c26-25(27)21-10-15(5-6-22-21)24-7-8-28-19-12-23-17(11-18(19)24)16-9-14(13-1-2-13)3-4-20(16)29/h3-6,9-13H,1-2,7-8,29H2. The van der Waals surface area contributed by atoms with Crippen molar-refractivity contribution >= 4 is 31.7 Å². The maximum Gasteiger partial charge on any atom is 0.365 e. The Bertz CT molecular complexity index is 1120. The summed E-state index contributed by atoms with van der Waals surface area (Å²) in [5, 5.41) is 12.2. The third-order valence-corrected chi connectivity index (χ3v) is 5.84. The highest BCUT2D eigenvalue weighted by Gasteiger charge is 2.26. The molecule has 0 N–H and O–H groups in total. The van der Waals surface area contributed by atoms with Crippen LogP contribution in [0.25, 0.3) is 11.3 Å². The van der Waals surface area contributed by atoms with Gasteiger partial charge in [-0.05, 0) is 51.7 Å². The van der Waals surface area contributed by atoms with Crippen molar-refractivity contribution in [2.24, 2.45) is 0 Å². The number of nitrogens with zero attached hydrogens (tertiary/aromatic N) is 4. The summed E-state index contributed by atoms with van der Waals surface area (Å²) in [7, 11) is 2.78. The summed E-state index contributed by atoms with van der Waals surface area (Å²) in [6.07, 6.45) is 5.69. The van der Waals surface area contributed by atoms with E-state index in [1.807, 2.05) is 11.0 Å². The maximum absolute atomic E-state index is 11.1. The van der Waals surface area contributed by atoms with E-state index in [1.165, 1.54) is 30.7 Å². The second kappa shape index (κ2) is 7.08. The number of benzene rings is 1. The molecular formula is C21H19N4O3P. The number of hydrogen-bond donors (Lipinski definition) is 0. The topological polar surface area (TPSA) is 81.4 Å². The highest BCUT2D eigenvalue weighted by molar-refractivity contribution is 7.28. The minimum atomic E-state index is -0.479. The minimum absolute atomic E-state index is 0.172. The monoisotopic (exact) mass is 406 g/mol. The summed E-state index contributed by atoms with van der Waals surface area (Å²) in [5.41, 5.74) is 4.85. The van der Waals surface area contributed by atoms with Gasteiger partial charge in [0.15, 0.2) is 5.75 Å². The zero-order valence-electron chi connectivity index (χ0n) is 15.6. The van der Waals surface area contributed by atoms with Gasteiger partial charge in [-0.3, -0.25) is 4.98 Å². The molecule has 0 bridgehead atoms. The second-order valence-corrected chi connectivity index (χ2v) is 7.91. The lowest BCUT2D eigenvalue weighted by Crippen LogP contribution is -2.28. The fourth-order valence-corrected chi connectivity index (χ4v) is 4.01. The van der Waals surface area contributed by atoms with Crippen LogP contribution < -0.4 is 14.9 Å². The number of rotatable bonds is 4. The summed E-state index contributed by atoms with van der Waals surface area (Å²) in [4.78, 5) is 21.1. The Morgan fingerprint density at radius 1 is 1.17 bits per heavy atom. The summed E-state index contributed by atoms with van der Waals surface area (Å²) >= 11 is 0. The van der Waals surface area contributed by atoms with E-state index in [2.05, 4.69) is 37.4 Å². The van der Waals surface area contributed by atoms with Gasteiger partial charge in [0.25, 0.3) is 0 Å². The molecule has 0 amide bonds. The zero-order chi connectivity index (χ0) is 20.0. The van der Waals surface area contributed by atoms with Gasteiger partial charge in [-0.25, -0.2) is 0 Å². The minimum Gasteiger partial charge on any atom is -0.488 e. The fourth-order valence-electron chi connectivity index (χ4n) is 3.68. The van der Waals surface area contributed by atoms with Crippen LogP contribution in [0, 0.1) is 10.1 Å². The smallest absolute Gasteiger partial charge is 0.365 e. The van der Waals surface area contributed by atoms with Crippen molar-refractivity contribution in [3.63, 3.8) is 0 Å². The van der Waals surface area contributed by atoms with Gasteiger partial charge >= 0.3 is 5.82 Å². The van der Waals surface area contributed by atoms with Crippen LogP contribution in [-0.2, 0) is 0 Å². The molecule has 1 aromatic carbocycles. The number of nitro groups is 1. The van der Waals surface area contributed by atoms with Crippen LogP contribution in [0.3, 0.4) is 0 Å². The molecule has 8 heteroatoms. The van der Waals surface area contributed by atoms with Crippen LogP contribution in [0.4, 0.5) is 17.2 Å². The first-order valence-electron chi connectivity index (χ1n) is 9.51. The van der Waals surface area contributed by atoms with Crippen LogP contribution >= 0.6 is 9.24 Å². The van der Waals surface area contributed by atoms with Crippen LogP contribution in [0.15, 0.2) is 48.8 Å². The van der Waals surface area contributed by atoms with Gasteiger partial charge in [-0.1, -0.05) is 12.1 Å². The molecule has 3 aromatic rings.